The van der Waals surface area contributed by atoms with Gasteiger partial charge in [0.25, 0.3) is 0 Å². The van der Waals surface area contributed by atoms with Gasteiger partial charge in [0.05, 0.1) is 0 Å². The normalized spacial score (nSPS) is 15.1. The summed E-state index contributed by atoms with van der Waals surface area (Å²) in [6, 6.07) is 8.47. The summed E-state index contributed by atoms with van der Waals surface area (Å²) in [4.78, 5) is 0. The van der Waals surface area contributed by atoms with E-state index in [1.807, 2.05) is 0 Å². The van der Waals surface area contributed by atoms with Crippen molar-refractivity contribution in [1.29, 1.82) is 0 Å². The molecule has 0 aromatic heterocycles. The average Bonchev–Trinajstić information content (AvgIpc) is 2.21. The molecule has 0 fully saturated rings. The van der Waals surface area contributed by atoms with E-state index in [0.29, 0.717) is 5.41 Å². The maximum atomic E-state index is 3.60. The number of hydrogen-bond donors (Lipinski definition) is 0. The second kappa shape index (κ2) is 5.32. The number of benzene rings is 1. The Morgan fingerprint density at radius 1 is 1.29 bits per heavy atom. The van der Waals surface area contributed by atoms with Gasteiger partial charge < -0.3 is 0 Å². The predicted octanol–water partition coefficient (Wildman–Crippen LogP) is 4.80. The van der Waals surface area contributed by atoms with Gasteiger partial charge >= 0.3 is 0 Å². The van der Waals surface area contributed by atoms with Gasteiger partial charge in [-0.05, 0) is 29.9 Å². The number of hydrogen-bond acceptors (Lipinski definition) is 0. The molecule has 0 saturated heterocycles. The predicted molar refractivity (Wildman–Crippen MR) is 70.0 cm³/mol. The molecule has 14 heavy (non-hydrogen) atoms. The van der Waals surface area contributed by atoms with E-state index in [4.69, 9.17) is 0 Å². The second-order valence-electron chi connectivity index (χ2n) is 4.07. The van der Waals surface area contributed by atoms with Crippen LogP contribution in [-0.2, 0) is 6.42 Å². The molecule has 2 heteroatoms. The van der Waals surface area contributed by atoms with E-state index in [9.17, 15) is 0 Å². The van der Waals surface area contributed by atoms with Crippen LogP contribution in [0.4, 0.5) is 0 Å². The first-order valence-electron chi connectivity index (χ1n) is 4.90. The first kappa shape index (κ1) is 12.3. The lowest BCUT2D eigenvalue weighted by Crippen LogP contribution is -2.20. The zero-order valence-electron chi connectivity index (χ0n) is 8.69. The summed E-state index contributed by atoms with van der Waals surface area (Å²) in [6.07, 6.45) is 2.32. The Morgan fingerprint density at radius 3 is 2.43 bits per heavy atom. The van der Waals surface area contributed by atoms with E-state index in [1.54, 1.807) is 0 Å². The van der Waals surface area contributed by atoms with Crippen molar-refractivity contribution in [3.05, 3.63) is 34.3 Å². The van der Waals surface area contributed by atoms with Crippen LogP contribution in [0.25, 0.3) is 0 Å². The zero-order chi connectivity index (χ0) is 10.6. The third-order valence-corrected chi connectivity index (χ3v) is 4.88. The highest BCUT2D eigenvalue weighted by Crippen LogP contribution is 2.31. The molecular formula is C12H16Br2. The van der Waals surface area contributed by atoms with Gasteiger partial charge in [-0.25, -0.2) is 0 Å². The third-order valence-electron chi connectivity index (χ3n) is 2.75. The molecule has 0 spiro atoms. The summed E-state index contributed by atoms with van der Waals surface area (Å²) in [7, 11) is 0. The molecule has 1 aromatic carbocycles. The molecular weight excluding hydrogens is 304 g/mol. The molecule has 1 rings (SSSR count). The molecule has 0 aliphatic heterocycles. The second-order valence-corrected chi connectivity index (χ2v) is 5.48. The van der Waals surface area contributed by atoms with Crippen molar-refractivity contribution < 1.29 is 0 Å². The number of halogens is 2. The van der Waals surface area contributed by atoms with E-state index in [2.05, 4.69) is 70.0 Å². The molecule has 0 N–H and O–H groups in total. The molecule has 78 valence electrons. The van der Waals surface area contributed by atoms with E-state index in [1.165, 1.54) is 16.5 Å². The largest absolute Gasteiger partial charge is 0.0922 e. The molecule has 0 bridgehead atoms. The van der Waals surface area contributed by atoms with Crippen molar-refractivity contribution in [2.24, 2.45) is 5.41 Å². The van der Waals surface area contributed by atoms with Gasteiger partial charge in [-0.1, -0.05) is 63.9 Å². The summed E-state index contributed by atoms with van der Waals surface area (Å²) >= 11 is 7.19. The average molecular weight is 320 g/mol. The van der Waals surface area contributed by atoms with Crippen LogP contribution in [0.1, 0.15) is 25.8 Å². The molecule has 1 aromatic rings. The molecule has 0 radical (unpaired) electrons. The quantitative estimate of drug-likeness (QED) is 0.699. The van der Waals surface area contributed by atoms with Gasteiger partial charge in [-0.15, -0.1) is 0 Å². The fourth-order valence-electron chi connectivity index (χ4n) is 1.37. The minimum absolute atomic E-state index is 0.365. The van der Waals surface area contributed by atoms with Crippen LogP contribution in [0.5, 0.6) is 0 Å². The Kier molecular flexibility index (Phi) is 4.65. The van der Waals surface area contributed by atoms with Crippen LogP contribution in [0.2, 0.25) is 0 Å². The van der Waals surface area contributed by atoms with Gasteiger partial charge in [-0.2, -0.15) is 0 Å². The summed E-state index contributed by atoms with van der Waals surface area (Å²) in [6.45, 7) is 4.57. The monoisotopic (exact) mass is 318 g/mol. The maximum absolute atomic E-state index is 3.60. The maximum Gasteiger partial charge on any atom is 0.0207 e. The molecule has 0 amide bonds. The molecule has 0 nitrogen and oxygen atoms in total. The summed E-state index contributed by atoms with van der Waals surface area (Å²) in [5.41, 5.74) is 1.76. The Labute approximate surface area is 103 Å². The Balaban J connectivity index is 2.82. The topological polar surface area (TPSA) is 0 Å². The van der Waals surface area contributed by atoms with E-state index >= 15 is 0 Å². The lowest BCUT2D eigenvalue weighted by Gasteiger charge is -2.26. The van der Waals surface area contributed by atoms with Crippen LogP contribution in [0, 0.1) is 5.41 Å². The van der Waals surface area contributed by atoms with Gasteiger partial charge in [0, 0.05) is 9.80 Å². The van der Waals surface area contributed by atoms with Gasteiger partial charge in [0.2, 0.25) is 0 Å². The molecule has 0 aliphatic carbocycles. The Bertz CT molecular complexity index is 290. The summed E-state index contributed by atoms with van der Waals surface area (Å²) in [5, 5.41) is 1.05. The minimum Gasteiger partial charge on any atom is -0.0922 e. The molecule has 1 unspecified atom stereocenters. The standard InChI is InChI=1S/C12H16Br2/c1-3-12(2,9-13)8-10-6-4-5-7-11(10)14/h4-7H,3,8-9H2,1-2H3. The highest BCUT2D eigenvalue weighted by molar-refractivity contribution is 9.10. The van der Waals surface area contributed by atoms with Crippen LogP contribution in [0.15, 0.2) is 28.7 Å². The summed E-state index contributed by atoms with van der Waals surface area (Å²) in [5.74, 6) is 0. The SMILES string of the molecule is CCC(C)(CBr)Cc1ccccc1Br. The van der Waals surface area contributed by atoms with E-state index in [0.717, 1.165) is 11.8 Å². The highest BCUT2D eigenvalue weighted by atomic mass is 79.9. The first-order valence-corrected chi connectivity index (χ1v) is 6.82. The Morgan fingerprint density at radius 2 is 1.93 bits per heavy atom. The van der Waals surface area contributed by atoms with Crippen molar-refractivity contribution in [1.82, 2.24) is 0 Å². The fraction of sp³-hybridized carbons (Fsp3) is 0.500. The van der Waals surface area contributed by atoms with Crippen molar-refractivity contribution in [2.75, 3.05) is 5.33 Å². The van der Waals surface area contributed by atoms with Crippen LogP contribution >= 0.6 is 31.9 Å². The molecule has 1 atom stereocenters. The number of alkyl halides is 1. The molecule has 0 heterocycles. The van der Waals surface area contributed by atoms with Crippen LogP contribution in [-0.4, -0.2) is 5.33 Å². The first-order chi connectivity index (χ1) is 6.61. The highest BCUT2D eigenvalue weighted by Gasteiger charge is 2.21. The lowest BCUT2D eigenvalue weighted by molar-refractivity contribution is 0.361. The van der Waals surface area contributed by atoms with Gasteiger partial charge in [0.1, 0.15) is 0 Å². The van der Waals surface area contributed by atoms with E-state index < -0.39 is 0 Å². The van der Waals surface area contributed by atoms with Gasteiger partial charge in [-0.3, -0.25) is 0 Å². The zero-order valence-corrected chi connectivity index (χ0v) is 11.9. The molecule has 0 aliphatic rings. The van der Waals surface area contributed by atoms with Crippen molar-refractivity contribution in [3.63, 3.8) is 0 Å². The fourth-order valence-corrected chi connectivity index (χ4v) is 2.39. The third kappa shape index (κ3) is 3.09. The lowest BCUT2D eigenvalue weighted by atomic mass is 9.83. The van der Waals surface area contributed by atoms with Crippen molar-refractivity contribution >= 4 is 31.9 Å². The van der Waals surface area contributed by atoms with Gasteiger partial charge in [0.15, 0.2) is 0 Å². The smallest absolute Gasteiger partial charge is 0.0207 e. The van der Waals surface area contributed by atoms with Crippen LogP contribution in [0.3, 0.4) is 0 Å². The van der Waals surface area contributed by atoms with Crippen LogP contribution < -0.4 is 0 Å². The summed E-state index contributed by atoms with van der Waals surface area (Å²) < 4.78 is 1.22. The minimum atomic E-state index is 0.365. The van der Waals surface area contributed by atoms with Crippen molar-refractivity contribution in [2.45, 2.75) is 26.7 Å². The Hall–Kier alpha value is 0.180. The van der Waals surface area contributed by atoms with Crippen molar-refractivity contribution in [3.8, 4) is 0 Å². The number of rotatable bonds is 4. The molecule has 0 saturated carbocycles. The van der Waals surface area contributed by atoms with E-state index in [-0.39, 0.29) is 0 Å².